The summed E-state index contributed by atoms with van der Waals surface area (Å²) in [6.07, 6.45) is 0.538. The number of fused-ring (bicyclic) bond motifs is 1. The first kappa shape index (κ1) is 13.5. The minimum Gasteiger partial charge on any atom is -0.465 e. The maximum Gasteiger partial charge on any atom is 0.338 e. The predicted octanol–water partition coefficient (Wildman–Crippen LogP) is 1.00. The lowest BCUT2D eigenvalue weighted by Crippen LogP contribution is -2.08. The van der Waals surface area contributed by atoms with Gasteiger partial charge in [-0.15, -0.1) is 0 Å². The Morgan fingerprint density at radius 3 is 2.68 bits per heavy atom. The molecule has 1 aliphatic heterocycles. The molecule has 0 amide bonds. The molecule has 0 saturated heterocycles. The van der Waals surface area contributed by atoms with Crippen molar-refractivity contribution in [2.24, 2.45) is 5.16 Å². The number of sulfone groups is 1. The summed E-state index contributed by atoms with van der Waals surface area (Å²) in [6, 6.07) is 2.87. The number of benzene rings is 1. The van der Waals surface area contributed by atoms with Gasteiger partial charge in [-0.1, -0.05) is 12.1 Å². The van der Waals surface area contributed by atoms with Gasteiger partial charge in [-0.2, -0.15) is 0 Å². The number of hydrogen-bond acceptors (Lipinski definition) is 6. The first-order valence-electron chi connectivity index (χ1n) is 5.64. The van der Waals surface area contributed by atoms with Gasteiger partial charge in [0.15, 0.2) is 9.84 Å². The second-order valence-corrected chi connectivity index (χ2v) is 6.11. The van der Waals surface area contributed by atoms with Crippen LogP contribution in [-0.4, -0.2) is 38.2 Å². The molecule has 6 nitrogen and oxygen atoms in total. The lowest BCUT2D eigenvalue weighted by Gasteiger charge is -2.08. The molecule has 2 rings (SSSR count). The van der Waals surface area contributed by atoms with Crippen LogP contribution in [0.1, 0.15) is 28.4 Å². The quantitative estimate of drug-likeness (QED) is 0.496. The van der Waals surface area contributed by atoms with Gasteiger partial charge in [-0.05, 0) is 24.1 Å². The molecule has 1 aliphatic rings. The van der Waals surface area contributed by atoms with Gasteiger partial charge in [0.1, 0.15) is 11.5 Å². The summed E-state index contributed by atoms with van der Waals surface area (Å²) >= 11 is 0. The zero-order valence-corrected chi connectivity index (χ0v) is 11.3. The van der Waals surface area contributed by atoms with E-state index >= 15 is 0 Å². The number of carbonyl (C=O) groups is 1. The normalized spacial score (nSPS) is 18.3. The van der Waals surface area contributed by atoms with Crippen LogP contribution < -0.4 is 0 Å². The largest absolute Gasteiger partial charge is 0.465 e. The number of rotatable bonds is 2. The van der Waals surface area contributed by atoms with E-state index in [1.54, 1.807) is 6.07 Å². The fourth-order valence-corrected chi connectivity index (χ4v) is 3.66. The monoisotopic (exact) mass is 283 g/mol. The van der Waals surface area contributed by atoms with Crippen LogP contribution in [0.2, 0.25) is 0 Å². The minimum absolute atomic E-state index is 0.0119. The fraction of sp³-hybridized carbons (Fsp3) is 0.333. The fourth-order valence-electron chi connectivity index (χ4n) is 2.12. The first-order chi connectivity index (χ1) is 8.94. The Morgan fingerprint density at radius 1 is 1.47 bits per heavy atom. The Kier molecular flexibility index (Phi) is 3.32. The summed E-state index contributed by atoms with van der Waals surface area (Å²) in [6.45, 7) is 1.84. The van der Waals surface area contributed by atoms with Crippen LogP contribution in [0.3, 0.4) is 0 Å². The summed E-state index contributed by atoms with van der Waals surface area (Å²) in [5.41, 5.74) is 1.34. The van der Waals surface area contributed by atoms with Crippen molar-refractivity contribution in [2.45, 2.75) is 18.2 Å². The van der Waals surface area contributed by atoms with Gasteiger partial charge in [0.25, 0.3) is 0 Å². The molecule has 0 unspecified atom stereocenters. The predicted molar refractivity (Wildman–Crippen MR) is 67.5 cm³/mol. The number of methoxy groups -OCH3 is 1. The van der Waals surface area contributed by atoms with Crippen LogP contribution in [0, 0.1) is 0 Å². The Balaban J connectivity index is 2.76. The maximum absolute atomic E-state index is 11.9. The Labute approximate surface area is 110 Å². The van der Waals surface area contributed by atoms with Crippen molar-refractivity contribution < 1.29 is 23.2 Å². The first-order valence-corrected chi connectivity index (χ1v) is 7.29. The molecule has 0 bridgehead atoms. The van der Waals surface area contributed by atoms with Gasteiger partial charge in [0.05, 0.1) is 17.6 Å². The summed E-state index contributed by atoms with van der Waals surface area (Å²) in [7, 11) is -2.31. The van der Waals surface area contributed by atoms with E-state index in [-0.39, 0.29) is 21.9 Å². The third-order valence-electron chi connectivity index (χ3n) is 3.09. The van der Waals surface area contributed by atoms with E-state index in [0.717, 1.165) is 0 Å². The van der Waals surface area contributed by atoms with Gasteiger partial charge < -0.3 is 9.94 Å². The van der Waals surface area contributed by atoms with Crippen molar-refractivity contribution >= 4 is 21.5 Å². The summed E-state index contributed by atoms with van der Waals surface area (Å²) in [5, 5.41) is 11.9. The number of hydrogen-bond donors (Lipinski definition) is 1. The molecule has 1 N–H and O–H groups in total. The van der Waals surface area contributed by atoms with Crippen molar-refractivity contribution in [1.29, 1.82) is 0 Å². The molecule has 0 fully saturated rings. The second-order valence-electron chi connectivity index (χ2n) is 4.16. The van der Waals surface area contributed by atoms with E-state index in [9.17, 15) is 13.2 Å². The third-order valence-corrected chi connectivity index (χ3v) is 4.75. The van der Waals surface area contributed by atoms with E-state index in [2.05, 4.69) is 9.89 Å². The smallest absolute Gasteiger partial charge is 0.338 e. The number of aryl methyl sites for hydroxylation is 1. The van der Waals surface area contributed by atoms with Gasteiger partial charge in [0.2, 0.25) is 0 Å². The van der Waals surface area contributed by atoms with Crippen LogP contribution >= 0.6 is 0 Å². The van der Waals surface area contributed by atoms with Crippen LogP contribution in [0.4, 0.5) is 0 Å². The molecule has 102 valence electrons. The van der Waals surface area contributed by atoms with Crippen molar-refractivity contribution in [2.75, 3.05) is 12.9 Å². The lowest BCUT2D eigenvalue weighted by molar-refractivity contribution is 0.0599. The van der Waals surface area contributed by atoms with Gasteiger partial charge >= 0.3 is 5.97 Å². The number of carbonyl (C=O) groups excluding carboxylic acids is 1. The molecule has 0 aliphatic carbocycles. The maximum atomic E-state index is 11.9. The van der Waals surface area contributed by atoms with Gasteiger partial charge in [0, 0.05) is 5.56 Å². The van der Waals surface area contributed by atoms with Crippen molar-refractivity contribution in [1.82, 2.24) is 0 Å². The molecular formula is C12H13NO5S. The highest BCUT2D eigenvalue weighted by Gasteiger charge is 2.34. The molecule has 0 aromatic heterocycles. The second kappa shape index (κ2) is 4.65. The van der Waals surface area contributed by atoms with Gasteiger partial charge in [-0.25, -0.2) is 13.2 Å². The van der Waals surface area contributed by atoms with Crippen LogP contribution in [-0.2, 0) is 21.0 Å². The minimum atomic E-state index is -3.55. The molecule has 19 heavy (non-hydrogen) atoms. The summed E-state index contributed by atoms with van der Waals surface area (Å²) in [4.78, 5) is 11.7. The molecule has 0 saturated carbocycles. The summed E-state index contributed by atoms with van der Waals surface area (Å²) < 4.78 is 28.5. The highest BCUT2D eigenvalue weighted by molar-refractivity contribution is 7.92. The zero-order valence-electron chi connectivity index (χ0n) is 10.5. The lowest BCUT2D eigenvalue weighted by atomic mass is 10.00. The Morgan fingerprint density at radius 2 is 2.16 bits per heavy atom. The molecule has 0 spiro atoms. The van der Waals surface area contributed by atoms with E-state index in [4.69, 9.17) is 5.21 Å². The van der Waals surface area contributed by atoms with Crippen LogP contribution in [0.5, 0.6) is 0 Å². The number of esters is 1. The third kappa shape index (κ3) is 2.10. The van der Waals surface area contributed by atoms with Crippen LogP contribution in [0.15, 0.2) is 22.2 Å². The number of ether oxygens (including phenoxy) is 1. The summed E-state index contributed by atoms with van der Waals surface area (Å²) in [5.74, 6) is -0.934. The highest BCUT2D eigenvalue weighted by Crippen LogP contribution is 2.30. The van der Waals surface area contributed by atoms with Crippen molar-refractivity contribution in [3.8, 4) is 0 Å². The molecule has 7 heteroatoms. The molecule has 1 aromatic rings. The standard InChI is InChI=1S/C12H13NO5S/c1-3-7-4-9-10(13-15)6-19(16,17)11(9)5-8(7)12(14)18-2/h4-5,15H,3,6H2,1-2H3/b13-10+. The highest BCUT2D eigenvalue weighted by atomic mass is 32.2. The average molecular weight is 283 g/mol. The van der Waals surface area contributed by atoms with Crippen LogP contribution in [0.25, 0.3) is 0 Å². The number of oxime groups is 1. The molecular weight excluding hydrogens is 270 g/mol. The number of nitrogens with zero attached hydrogens (tertiary/aromatic N) is 1. The Hall–Kier alpha value is -1.89. The topological polar surface area (TPSA) is 93.0 Å². The van der Waals surface area contributed by atoms with Crippen molar-refractivity contribution in [3.63, 3.8) is 0 Å². The Bertz CT molecular complexity index is 676. The molecule has 0 radical (unpaired) electrons. The zero-order chi connectivity index (χ0) is 14.2. The van der Waals surface area contributed by atoms with Crippen molar-refractivity contribution in [3.05, 3.63) is 28.8 Å². The van der Waals surface area contributed by atoms with E-state index in [0.29, 0.717) is 17.5 Å². The van der Waals surface area contributed by atoms with E-state index < -0.39 is 15.8 Å². The molecule has 1 heterocycles. The average Bonchev–Trinajstić information content (AvgIpc) is 2.67. The molecule has 1 aromatic carbocycles. The molecule has 0 atom stereocenters. The van der Waals surface area contributed by atoms with Gasteiger partial charge in [-0.3, -0.25) is 0 Å². The van der Waals surface area contributed by atoms with E-state index in [1.807, 2.05) is 6.92 Å². The SMILES string of the molecule is CCc1cc2c(cc1C(=O)OC)S(=O)(=O)C/C2=N\O. The van der Waals surface area contributed by atoms with E-state index in [1.165, 1.54) is 13.2 Å².